The molecule has 0 heterocycles. The van der Waals surface area contributed by atoms with Crippen molar-refractivity contribution in [1.29, 1.82) is 0 Å². The Morgan fingerprint density at radius 2 is 1.17 bits per heavy atom. The fourth-order valence-corrected chi connectivity index (χ4v) is 0.883. The molecule has 0 fully saturated rings. The third-order valence-corrected chi connectivity index (χ3v) is 2.50. The van der Waals surface area contributed by atoms with Gasteiger partial charge in [0, 0.05) is 6.61 Å². The van der Waals surface area contributed by atoms with Crippen molar-refractivity contribution in [2.75, 3.05) is 39.6 Å². The van der Waals surface area contributed by atoms with E-state index in [2.05, 4.69) is 0 Å². The van der Waals surface area contributed by atoms with Gasteiger partial charge in [-0.3, -0.25) is 0 Å². The molecule has 0 radical (unpaired) electrons. The Kier molecular flexibility index (Phi) is 14.7. The van der Waals surface area contributed by atoms with E-state index >= 15 is 0 Å². The minimum Gasteiger partial charge on any atom is -0.396 e. The molecule has 7 nitrogen and oxygen atoms in total. The maximum atomic E-state index is 8.75. The largest absolute Gasteiger partial charge is 0.396 e. The van der Waals surface area contributed by atoms with Crippen LogP contribution in [-0.2, 0) is 0 Å². The first-order valence-electron chi connectivity index (χ1n) is 5.89. The van der Waals surface area contributed by atoms with Gasteiger partial charge >= 0.3 is 0 Å². The van der Waals surface area contributed by atoms with E-state index in [0.29, 0.717) is 12.8 Å². The molecule has 112 valence electrons. The van der Waals surface area contributed by atoms with Crippen molar-refractivity contribution in [2.24, 2.45) is 5.41 Å². The van der Waals surface area contributed by atoms with Crippen molar-refractivity contribution < 1.29 is 35.7 Å². The quantitative estimate of drug-likeness (QED) is 0.229. The number of aliphatic hydroxyl groups excluding tert-OH is 7. The van der Waals surface area contributed by atoms with E-state index in [4.69, 9.17) is 35.7 Å². The second kappa shape index (κ2) is 13.2. The van der Waals surface area contributed by atoms with Gasteiger partial charge in [0.1, 0.15) is 0 Å². The van der Waals surface area contributed by atoms with E-state index in [1.54, 1.807) is 0 Å². The van der Waals surface area contributed by atoms with E-state index in [-0.39, 0.29) is 13.2 Å². The summed E-state index contributed by atoms with van der Waals surface area (Å²) in [5.74, 6) is 0. The van der Waals surface area contributed by atoms with Crippen LogP contribution in [0.5, 0.6) is 0 Å². The lowest BCUT2D eigenvalue weighted by molar-refractivity contribution is -0.0328. The smallest absolute Gasteiger partial charge is 0.0771 e. The van der Waals surface area contributed by atoms with Gasteiger partial charge in [0.2, 0.25) is 0 Å². The molecule has 0 aliphatic heterocycles. The second-order valence-electron chi connectivity index (χ2n) is 4.19. The molecule has 1 unspecified atom stereocenters. The minimum atomic E-state index is -1.11. The average Bonchev–Trinajstić information content (AvgIpc) is 2.43. The highest BCUT2D eigenvalue weighted by Gasteiger charge is 2.26. The number of rotatable bonds is 9. The molecule has 0 aliphatic carbocycles. The van der Waals surface area contributed by atoms with Gasteiger partial charge in [-0.05, 0) is 19.3 Å². The summed E-state index contributed by atoms with van der Waals surface area (Å²) < 4.78 is 0. The molecule has 0 amide bonds. The first kappa shape index (κ1) is 20.0. The zero-order chi connectivity index (χ0) is 14.4. The van der Waals surface area contributed by atoms with E-state index in [1.807, 2.05) is 0 Å². The summed E-state index contributed by atoms with van der Waals surface area (Å²) in [5.41, 5.74) is -1.11. The van der Waals surface area contributed by atoms with Gasteiger partial charge < -0.3 is 35.7 Å². The molecule has 0 bridgehead atoms. The van der Waals surface area contributed by atoms with Crippen LogP contribution in [-0.4, -0.2) is 81.5 Å². The monoisotopic (exact) mass is 270 g/mol. The molecule has 7 heteroatoms. The van der Waals surface area contributed by atoms with Crippen LogP contribution in [0, 0.1) is 5.41 Å². The van der Waals surface area contributed by atoms with Gasteiger partial charge in [-0.2, -0.15) is 0 Å². The Bertz CT molecular complexity index is 144. The van der Waals surface area contributed by atoms with Gasteiger partial charge in [0.15, 0.2) is 0 Å². The predicted octanol–water partition coefficient (Wildman–Crippen LogP) is -2.56. The van der Waals surface area contributed by atoms with Crippen LogP contribution >= 0.6 is 0 Å². The maximum Gasteiger partial charge on any atom is 0.0771 e. The molecule has 18 heavy (non-hydrogen) atoms. The number of aliphatic hydroxyl groups is 7. The molecule has 0 saturated carbocycles. The minimum absolute atomic E-state index is 0.165. The topological polar surface area (TPSA) is 142 Å². The number of hydrogen-bond acceptors (Lipinski definition) is 7. The molecule has 0 spiro atoms. The van der Waals surface area contributed by atoms with Crippen LogP contribution in [0.15, 0.2) is 0 Å². The molecule has 0 aromatic heterocycles. The molecule has 0 aromatic rings. The highest BCUT2D eigenvalue weighted by molar-refractivity contribution is 4.74. The molecule has 0 aliphatic rings. The van der Waals surface area contributed by atoms with Crippen LogP contribution in [0.25, 0.3) is 0 Å². The Balaban J connectivity index is 0. The Morgan fingerprint density at radius 1 is 0.722 bits per heavy atom. The van der Waals surface area contributed by atoms with Crippen molar-refractivity contribution in [2.45, 2.75) is 25.4 Å². The van der Waals surface area contributed by atoms with Crippen LogP contribution in [0.3, 0.4) is 0 Å². The van der Waals surface area contributed by atoms with E-state index < -0.39 is 37.9 Å². The molecular weight excluding hydrogens is 244 g/mol. The van der Waals surface area contributed by atoms with Gasteiger partial charge in [-0.25, -0.2) is 0 Å². The van der Waals surface area contributed by atoms with Crippen LogP contribution in [0.1, 0.15) is 19.3 Å². The molecule has 7 N–H and O–H groups in total. The summed E-state index contributed by atoms with van der Waals surface area (Å²) in [6.07, 6.45) is 1.46. The van der Waals surface area contributed by atoms with E-state index in [1.165, 1.54) is 0 Å². The Hall–Kier alpha value is -0.280. The summed E-state index contributed by atoms with van der Waals surface area (Å²) in [6.45, 7) is -1.64. The molecular formula is C11H26O7. The fourth-order valence-electron chi connectivity index (χ4n) is 0.883. The second-order valence-corrected chi connectivity index (χ2v) is 4.19. The fraction of sp³-hybridized carbons (Fsp3) is 1.00. The summed E-state index contributed by atoms with van der Waals surface area (Å²) in [5, 5.41) is 59.4. The summed E-state index contributed by atoms with van der Waals surface area (Å²) in [4.78, 5) is 0. The third kappa shape index (κ3) is 9.72. The van der Waals surface area contributed by atoms with Gasteiger partial charge in [-0.1, -0.05) is 0 Å². The SMILES string of the molecule is OCC(CO)(CO)CO.OCCCCC(O)CO. The van der Waals surface area contributed by atoms with Crippen molar-refractivity contribution >= 4 is 0 Å². The van der Waals surface area contributed by atoms with Gasteiger partial charge in [0.25, 0.3) is 0 Å². The van der Waals surface area contributed by atoms with Crippen molar-refractivity contribution in [3.63, 3.8) is 0 Å². The van der Waals surface area contributed by atoms with Crippen molar-refractivity contribution in [3.8, 4) is 0 Å². The molecule has 0 rings (SSSR count). The lowest BCUT2D eigenvalue weighted by Crippen LogP contribution is -2.37. The van der Waals surface area contributed by atoms with Crippen molar-refractivity contribution in [3.05, 3.63) is 0 Å². The lowest BCUT2D eigenvalue weighted by atomic mass is 9.93. The normalized spacial score (nSPS) is 12.8. The predicted molar refractivity (Wildman–Crippen MR) is 64.8 cm³/mol. The van der Waals surface area contributed by atoms with Crippen LogP contribution < -0.4 is 0 Å². The van der Waals surface area contributed by atoms with Crippen LogP contribution in [0.2, 0.25) is 0 Å². The molecule has 0 aromatic carbocycles. The Morgan fingerprint density at radius 3 is 1.39 bits per heavy atom. The summed E-state index contributed by atoms with van der Waals surface area (Å²) in [7, 11) is 0. The Labute approximate surface area is 107 Å². The highest BCUT2D eigenvalue weighted by Crippen LogP contribution is 2.11. The first-order chi connectivity index (χ1) is 8.55. The van der Waals surface area contributed by atoms with E-state index in [9.17, 15) is 0 Å². The highest BCUT2D eigenvalue weighted by atomic mass is 16.3. The standard InChI is InChI=1S/C6H14O3.C5H12O4/c7-4-2-1-3-6(9)5-8;6-1-5(2-7,3-8)4-9/h6-9H,1-5H2;6-9H,1-4H2. The zero-order valence-corrected chi connectivity index (χ0v) is 10.6. The van der Waals surface area contributed by atoms with Crippen LogP contribution in [0.4, 0.5) is 0 Å². The third-order valence-electron chi connectivity index (χ3n) is 2.50. The molecule has 1 atom stereocenters. The van der Waals surface area contributed by atoms with E-state index in [0.717, 1.165) is 6.42 Å². The summed E-state index contributed by atoms with van der Waals surface area (Å²) in [6, 6.07) is 0. The summed E-state index contributed by atoms with van der Waals surface area (Å²) >= 11 is 0. The average molecular weight is 270 g/mol. The van der Waals surface area contributed by atoms with Crippen molar-refractivity contribution in [1.82, 2.24) is 0 Å². The lowest BCUT2D eigenvalue weighted by Gasteiger charge is -2.23. The maximum absolute atomic E-state index is 8.75. The number of unbranched alkanes of at least 4 members (excludes halogenated alkanes) is 1. The van der Waals surface area contributed by atoms with Gasteiger partial charge in [-0.15, -0.1) is 0 Å². The molecule has 0 saturated heterocycles. The van der Waals surface area contributed by atoms with Gasteiger partial charge in [0.05, 0.1) is 44.6 Å². The number of hydrogen-bond donors (Lipinski definition) is 7. The first-order valence-corrected chi connectivity index (χ1v) is 5.89. The zero-order valence-electron chi connectivity index (χ0n) is 10.6.